The van der Waals surface area contributed by atoms with Crippen LogP contribution in [0.15, 0.2) is 52.4 Å². The number of nitrogens with zero attached hydrogens (tertiary/aromatic N) is 2. The van der Waals surface area contributed by atoms with Gasteiger partial charge in [-0.1, -0.05) is 89.5 Å². The molecule has 0 spiro atoms. The monoisotopic (exact) mass is 642 g/mol. The summed E-state index contributed by atoms with van der Waals surface area (Å²) in [6.07, 6.45) is 3.76. The Kier molecular flexibility index (Phi) is 10.7. The number of aryl methyl sites for hydroxylation is 4. The average molecular weight is 644 g/mol. The first-order chi connectivity index (χ1) is 19.5. The van der Waals surface area contributed by atoms with E-state index in [0.717, 1.165) is 11.4 Å². The third kappa shape index (κ3) is 7.38. The first-order valence-electron chi connectivity index (χ1n) is 15.0. The Morgan fingerprint density at radius 3 is 1.42 bits per heavy atom. The van der Waals surface area contributed by atoms with Crippen molar-refractivity contribution in [1.29, 1.82) is 0 Å². The third-order valence-corrected chi connectivity index (χ3v) is 8.86. The molecule has 2 atom stereocenters. The van der Waals surface area contributed by atoms with E-state index in [1.165, 1.54) is 52.9 Å². The molecule has 2 saturated carbocycles. The zero-order valence-electron chi connectivity index (χ0n) is 27.2. The first-order valence-corrected chi connectivity index (χ1v) is 15.4. The Morgan fingerprint density at radius 1 is 0.674 bits per heavy atom. The predicted molar refractivity (Wildman–Crippen MR) is 175 cm³/mol. The maximum absolute atomic E-state index is 12.1. The normalized spacial score (nSPS) is 19.8. The predicted octanol–water partition coefficient (Wildman–Crippen LogP) is 9.28. The molecule has 2 fully saturated rings. The Hall–Kier alpha value is -2.62. The van der Waals surface area contributed by atoms with Crippen molar-refractivity contribution in [2.75, 3.05) is 0 Å². The van der Waals surface area contributed by atoms with E-state index in [2.05, 4.69) is 64.1 Å². The van der Waals surface area contributed by atoms with Crippen LogP contribution in [-0.4, -0.2) is 11.4 Å². The second-order valence-corrected chi connectivity index (χ2v) is 14.5. The Bertz CT molecular complexity index is 1450. The molecule has 2 aliphatic rings. The molecule has 0 radical (unpaired) electrons. The third-order valence-electron chi connectivity index (χ3n) is 8.56. The van der Waals surface area contributed by atoms with Gasteiger partial charge in [-0.15, -0.1) is 11.5 Å². The van der Waals surface area contributed by atoms with E-state index in [-0.39, 0.29) is 21.9 Å². The number of halogens is 1. The van der Waals surface area contributed by atoms with Gasteiger partial charge in [-0.25, -0.2) is 0 Å². The molecule has 0 aromatic heterocycles. The summed E-state index contributed by atoms with van der Waals surface area (Å²) in [5.41, 5.74) is 9.90. The minimum absolute atomic E-state index is 0. The van der Waals surface area contributed by atoms with Gasteiger partial charge in [0.05, 0.1) is 22.8 Å². The molecule has 6 heteroatoms. The molecule has 2 unspecified atom stereocenters. The van der Waals surface area contributed by atoms with Crippen LogP contribution in [0.4, 0.5) is 11.4 Å². The number of hydrogen-bond acceptors (Lipinski definition) is 4. The van der Waals surface area contributed by atoms with E-state index < -0.39 is 16.9 Å². The van der Waals surface area contributed by atoms with Crippen molar-refractivity contribution in [2.45, 2.75) is 99.3 Å². The van der Waals surface area contributed by atoms with Crippen LogP contribution in [0.5, 0.6) is 11.5 Å². The fourth-order valence-corrected chi connectivity index (χ4v) is 6.74. The van der Waals surface area contributed by atoms with Gasteiger partial charge in [-0.3, -0.25) is 9.98 Å². The van der Waals surface area contributed by atoms with Gasteiger partial charge in [0.25, 0.3) is 0 Å². The van der Waals surface area contributed by atoms with E-state index in [4.69, 9.17) is 21.6 Å². The molecule has 3 aromatic rings. The largest absolute Gasteiger partial charge is 2.00 e. The minimum atomic E-state index is -0.463. The molecule has 2 bridgehead atoms. The molecule has 232 valence electrons. The Morgan fingerprint density at radius 2 is 1.07 bits per heavy atom. The van der Waals surface area contributed by atoms with Crippen LogP contribution in [0.2, 0.25) is 5.02 Å². The number of fused-ring (bicyclic) bond motifs is 2. The number of aliphatic imine (C=N–C) groups is 2. The molecular formula is C37H45ClN2NiO2. The molecule has 2 aliphatic carbocycles. The van der Waals surface area contributed by atoms with Gasteiger partial charge < -0.3 is 10.2 Å². The van der Waals surface area contributed by atoms with Crippen LogP contribution >= 0.6 is 11.6 Å². The first kappa shape index (κ1) is 34.9. The SMILES string of the molecule is CC(C)(C)c1cc(Cl)c(C(C)(C)C)c([O-])c1[O-].Cc1cccc(C)c1N=C1C(=Nc2c(C)cccc2C)C2CCC1C2.[Ni+2]. The molecule has 0 saturated heterocycles. The quantitative estimate of drug-likeness (QED) is 0.261. The summed E-state index contributed by atoms with van der Waals surface area (Å²) in [5.74, 6) is 0.293. The van der Waals surface area contributed by atoms with Gasteiger partial charge in [0.15, 0.2) is 0 Å². The summed E-state index contributed by atoms with van der Waals surface area (Å²) in [5, 5.41) is 24.6. The standard InChI is InChI=1S/C23H26N2.C14H21ClO2.Ni/c1-14-7-5-8-15(2)20(14)24-22-18-11-12-19(13-18)23(22)25-21-16(3)9-6-10-17(21)4;1-13(2,3)8-7-9(15)10(14(4,5)6)12(17)11(8)16;/h5-10,18-19H,11-13H2,1-4H3;7,16-17H,1-6H3;/q;;+2/p-2. The topological polar surface area (TPSA) is 70.8 Å². The van der Waals surface area contributed by atoms with Gasteiger partial charge in [0.1, 0.15) is 0 Å². The zero-order chi connectivity index (χ0) is 31.1. The van der Waals surface area contributed by atoms with Crippen molar-refractivity contribution in [1.82, 2.24) is 0 Å². The van der Waals surface area contributed by atoms with Crippen molar-refractivity contribution in [3.05, 3.63) is 80.9 Å². The van der Waals surface area contributed by atoms with E-state index >= 15 is 0 Å². The summed E-state index contributed by atoms with van der Waals surface area (Å²) >= 11 is 6.16. The minimum Gasteiger partial charge on any atom is -0.873 e. The summed E-state index contributed by atoms with van der Waals surface area (Å²) in [6.45, 7) is 20.0. The average Bonchev–Trinajstić information content (AvgIpc) is 3.47. The fraction of sp³-hybridized carbons (Fsp3) is 0.459. The number of rotatable bonds is 2. The summed E-state index contributed by atoms with van der Waals surface area (Å²) in [7, 11) is 0. The van der Waals surface area contributed by atoms with Crippen LogP contribution in [0.3, 0.4) is 0 Å². The molecule has 43 heavy (non-hydrogen) atoms. The van der Waals surface area contributed by atoms with Crippen molar-refractivity contribution in [3.8, 4) is 11.5 Å². The number of para-hydroxylation sites is 2. The van der Waals surface area contributed by atoms with E-state index in [1.807, 2.05) is 41.5 Å². The molecule has 0 aliphatic heterocycles. The molecule has 0 N–H and O–H groups in total. The van der Waals surface area contributed by atoms with Crippen LogP contribution in [0, 0.1) is 39.5 Å². The smallest absolute Gasteiger partial charge is 0.873 e. The van der Waals surface area contributed by atoms with E-state index in [0.29, 0.717) is 28.0 Å². The van der Waals surface area contributed by atoms with Gasteiger partial charge in [0.2, 0.25) is 0 Å². The van der Waals surface area contributed by atoms with Crippen LogP contribution < -0.4 is 10.2 Å². The van der Waals surface area contributed by atoms with Gasteiger partial charge in [-0.2, -0.15) is 0 Å². The Labute approximate surface area is 273 Å². The molecule has 5 rings (SSSR count). The van der Waals surface area contributed by atoms with E-state index in [1.54, 1.807) is 6.07 Å². The second kappa shape index (κ2) is 13.2. The van der Waals surface area contributed by atoms with Crippen LogP contribution in [0.1, 0.15) is 94.2 Å². The van der Waals surface area contributed by atoms with Crippen LogP contribution in [0.25, 0.3) is 0 Å². The molecule has 3 aromatic carbocycles. The molecular weight excluding hydrogens is 599 g/mol. The van der Waals surface area contributed by atoms with Crippen molar-refractivity contribution < 1.29 is 26.7 Å². The molecule has 4 nitrogen and oxygen atoms in total. The number of benzene rings is 3. The Balaban J connectivity index is 0.000000249. The van der Waals surface area contributed by atoms with Gasteiger partial charge >= 0.3 is 16.5 Å². The van der Waals surface area contributed by atoms with E-state index in [9.17, 15) is 10.2 Å². The summed E-state index contributed by atoms with van der Waals surface area (Å²) in [4.78, 5) is 10.3. The second-order valence-electron chi connectivity index (χ2n) is 14.1. The maximum Gasteiger partial charge on any atom is 2.00 e. The van der Waals surface area contributed by atoms with Crippen LogP contribution in [-0.2, 0) is 27.3 Å². The molecule has 0 heterocycles. The maximum atomic E-state index is 12.1. The number of hydrogen-bond donors (Lipinski definition) is 0. The van der Waals surface area contributed by atoms with Gasteiger partial charge in [0, 0.05) is 16.9 Å². The summed E-state index contributed by atoms with van der Waals surface area (Å²) in [6, 6.07) is 14.5. The van der Waals surface area contributed by atoms with Crippen molar-refractivity contribution in [2.24, 2.45) is 21.8 Å². The van der Waals surface area contributed by atoms with Gasteiger partial charge in [-0.05, 0) is 97.2 Å². The van der Waals surface area contributed by atoms with Crippen molar-refractivity contribution in [3.63, 3.8) is 0 Å². The zero-order valence-corrected chi connectivity index (χ0v) is 29.0. The summed E-state index contributed by atoms with van der Waals surface area (Å²) < 4.78 is 0. The van der Waals surface area contributed by atoms with Crippen molar-refractivity contribution >= 4 is 34.4 Å². The fourth-order valence-electron chi connectivity index (χ4n) is 6.26. The molecule has 0 amide bonds.